The molecule has 0 unspecified atom stereocenters. The van der Waals surface area contributed by atoms with E-state index in [1.54, 1.807) is 38.1 Å². The van der Waals surface area contributed by atoms with Gasteiger partial charge in [0.1, 0.15) is 19.6 Å². The van der Waals surface area contributed by atoms with Gasteiger partial charge in [-0.2, -0.15) is 16.8 Å². The first-order chi connectivity index (χ1) is 17.4. The summed E-state index contributed by atoms with van der Waals surface area (Å²) in [5.74, 6) is -0.890. The molecule has 192 valence electrons. The van der Waals surface area contributed by atoms with Crippen LogP contribution in [0, 0.1) is 13.8 Å². The van der Waals surface area contributed by atoms with Crippen LogP contribution in [0.2, 0.25) is 0 Å². The minimum atomic E-state index is -4.50. The van der Waals surface area contributed by atoms with Crippen LogP contribution < -0.4 is 8.37 Å². The zero-order valence-corrected chi connectivity index (χ0v) is 22.2. The van der Waals surface area contributed by atoms with Gasteiger partial charge in [0.2, 0.25) is 9.84 Å². The van der Waals surface area contributed by atoms with Gasteiger partial charge in [-0.1, -0.05) is 59.7 Å². The molecule has 0 aliphatic carbocycles. The summed E-state index contributed by atoms with van der Waals surface area (Å²) in [5, 5.41) is 0. The topological polar surface area (TPSA) is 121 Å². The summed E-state index contributed by atoms with van der Waals surface area (Å²) < 4.78 is 89.1. The van der Waals surface area contributed by atoms with Crippen LogP contribution in [0.5, 0.6) is 11.5 Å². The fourth-order valence-corrected chi connectivity index (χ4v) is 6.84. The van der Waals surface area contributed by atoms with Crippen molar-refractivity contribution >= 4 is 30.1 Å². The lowest BCUT2D eigenvalue weighted by atomic mass is 10.2. The third-order valence-electron chi connectivity index (χ3n) is 5.30. The fraction of sp³-hybridized carbons (Fsp3) is 0.0769. The summed E-state index contributed by atoms with van der Waals surface area (Å²) in [7, 11) is -13.2. The van der Waals surface area contributed by atoms with Crippen LogP contribution in [-0.4, -0.2) is 25.3 Å². The summed E-state index contributed by atoms with van der Waals surface area (Å²) in [6.07, 6.45) is 0. The van der Waals surface area contributed by atoms with Gasteiger partial charge in [0.05, 0.1) is 0 Å². The van der Waals surface area contributed by atoms with Crippen LogP contribution >= 0.6 is 0 Å². The second kappa shape index (κ2) is 10.0. The predicted molar refractivity (Wildman–Crippen MR) is 136 cm³/mol. The molecule has 0 bridgehead atoms. The first kappa shape index (κ1) is 26.4. The van der Waals surface area contributed by atoms with E-state index in [0.717, 1.165) is 11.1 Å². The van der Waals surface area contributed by atoms with Crippen molar-refractivity contribution in [3.63, 3.8) is 0 Å². The van der Waals surface area contributed by atoms with Gasteiger partial charge in [-0.05, 0) is 62.4 Å². The summed E-state index contributed by atoms with van der Waals surface area (Å²) >= 11 is 0. The Morgan fingerprint density at radius 3 is 1.14 bits per heavy atom. The van der Waals surface area contributed by atoms with Crippen molar-refractivity contribution in [1.82, 2.24) is 0 Å². The van der Waals surface area contributed by atoms with Crippen LogP contribution in [0.3, 0.4) is 0 Å². The number of sulfone groups is 1. The molecule has 8 nitrogen and oxygen atoms in total. The molecule has 0 aliphatic rings. The SMILES string of the molecule is Cc1ccc(S(=O)(=O)Oc2ccccc2S(=O)(=O)c2ccccc2OS(=O)(=O)c2ccc(C)cc2)cc1. The lowest BCUT2D eigenvalue weighted by Gasteiger charge is -2.15. The molecule has 4 rings (SSSR count). The Labute approximate surface area is 216 Å². The van der Waals surface area contributed by atoms with E-state index in [0.29, 0.717) is 0 Å². The lowest BCUT2D eigenvalue weighted by Crippen LogP contribution is -2.15. The Balaban J connectivity index is 1.74. The average molecular weight is 559 g/mol. The van der Waals surface area contributed by atoms with E-state index in [4.69, 9.17) is 8.37 Å². The quantitative estimate of drug-likeness (QED) is 0.286. The molecule has 0 fully saturated rings. The molecule has 0 saturated carbocycles. The molecule has 11 heteroatoms. The maximum Gasteiger partial charge on any atom is 0.339 e. The first-order valence-electron chi connectivity index (χ1n) is 10.9. The lowest BCUT2D eigenvalue weighted by molar-refractivity contribution is 0.477. The molecular formula is C26H22O8S3. The molecule has 0 spiro atoms. The summed E-state index contributed by atoms with van der Waals surface area (Å²) in [6, 6.07) is 22.1. The van der Waals surface area contributed by atoms with E-state index in [-0.39, 0.29) is 9.79 Å². The number of hydrogen-bond acceptors (Lipinski definition) is 8. The van der Waals surface area contributed by atoms with Crippen molar-refractivity contribution in [2.75, 3.05) is 0 Å². The standard InChI is InChI=1S/C26H22O8S3/c1-19-11-15-21(16-12-19)36(29,30)33-23-7-3-5-9-25(23)35(27,28)26-10-6-4-8-24(26)34-37(31,32)22-17-13-20(2)14-18-22/h3-18H,1-2H3. The molecule has 0 heterocycles. The van der Waals surface area contributed by atoms with Crippen molar-refractivity contribution in [3.05, 3.63) is 108 Å². The van der Waals surface area contributed by atoms with Crippen molar-refractivity contribution in [2.45, 2.75) is 33.4 Å². The molecule has 0 aromatic heterocycles. The molecule has 4 aromatic carbocycles. The Bertz CT molecular complexity index is 1630. The predicted octanol–water partition coefficient (Wildman–Crippen LogP) is 4.67. The molecule has 0 aliphatic heterocycles. The van der Waals surface area contributed by atoms with Crippen LogP contribution in [0.4, 0.5) is 0 Å². The van der Waals surface area contributed by atoms with Crippen molar-refractivity contribution in [3.8, 4) is 11.5 Å². The third kappa shape index (κ3) is 5.68. The smallest absolute Gasteiger partial charge is 0.339 e. The van der Waals surface area contributed by atoms with E-state index < -0.39 is 51.4 Å². The van der Waals surface area contributed by atoms with Gasteiger partial charge >= 0.3 is 20.2 Å². The number of benzene rings is 4. The van der Waals surface area contributed by atoms with Gasteiger partial charge in [0, 0.05) is 0 Å². The summed E-state index contributed by atoms with van der Waals surface area (Å²) in [6.45, 7) is 3.58. The Morgan fingerprint density at radius 2 is 0.784 bits per heavy atom. The van der Waals surface area contributed by atoms with Crippen LogP contribution in [-0.2, 0) is 30.1 Å². The highest BCUT2D eigenvalue weighted by Crippen LogP contribution is 2.36. The van der Waals surface area contributed by atoms with E-state index in [9.17, 15) is 25.3 Å². The number of aryl methyl sites for hydroxylation is 2. The van der Waals surface area contributed by atoms with E-state index in [1.807, 2.05) is 0 Å². The van der Waals surface area contributed by atoms with Crippen molar-refractivity contribution in [1.29, 1.82) is 0 Å². The highest BCUT2D eigenvalue weighted by Gasteiger charge is 2.30. The average Bonchev–Trinajstić information content (AvgIpc) is 2.84. The van der Waals surface area contributed by atoms with Gasteiger partial charge in [-0.25, -0.2) is 8.42 Å². The van der Waals surface area contributed by atoms with Gasteiger partial charge < -0.3 is 8.37 Å². The van der Waals surface area contributed by atoms with Crippen LogP contribution in [0.25, 0.3) is 0 Å². The third-order valence-corrected chi connectivity index (χ3v) is 9.63. The summed E-state index contributed by atoms with van der Waals surface area (Å²) in [5.41, 5.74) is 1.67. The largest absolute Gasteiger partial charge is 0.378 e. The van der Waals surface area contributed by atoms with Crippen LogP contribution in [0.1, 0.15) is 11.1 Å². The Morgan fingerprint density at radius 1 is 0.459 bits per heavy atom. The highest BCUT2D eigenvalue weighted by molar-refractivity contribution is 7.92. The second-order valence-corrected chi connectivity index (χ2v) is 13.1. The first-order valence-corrected chi connectivity index (χ1v) is 15.2. The zero-order chi connectivity index (χ0) is 26.8. The molecule has 0 atom stereocenters. The molecule has 0 radical (unpaired) electrons. The molecular weight excluding hydrogens is 536 g/mol. The maximum atomic E-state index is 13.7. The van der Waals surface area contributed by atoms with Crippen molar-refractivity contribution < 1.29 is 33.6 Å². The Hall–Kier alpha value is -3.67. The number of para-hydroxylation sites is 2. The zero-order valence-electron chi connectivity index (χ0n) is 19.7. The molecule has 0 saturated heterocycles. The van der Waals surface area contributed by atoms with E-state index in [1.165, 1.54) is 72.8 Å². The Kier molecular flexibility index (Phi) is 7.13. The molecule has 0 amide bonds. The van der Waals surface area contributed by atoms with Gasteiger partial charge in [0.25, 0.3) is 0 Å². The van der Waals surface area contributed by atoms with E-state index >= 15 is 0 Å². The number of hydrogen-bond donors (Lipinski definition) is 0. The van der Waals surface area contributed by atoms with Gasteiger partial charge in [-0.3, -0.25) is 0 Å². The number of rotatable bonds is 8. The maximum absolute atomic E-state index is 13.7. The van der Waals surface area contributed by atoms with Gasteiger partial charge in [-0.15, -0.1) is 0 Å². The fourth-order valence-electron chi connectivity index (χ4n) is 3.34. The van der Waals surface area contributed by atoms with E-state index in [2.05, 4.69) is 0 Å². The monoisotopic (exact) mass is 558 g/mol. The van der Waals surface area contributed by atoms with Crippen LogP contribution in [0.15, 0.2) is 117 Å². The highest BCUT2D eigenvalue weighted by atomic mass is 32.2. The molecule has 37 heavy (non-hydrogen) atoms. The van der Waals surface area contributed by atoms with Gasteiger partial charge in [0.15, 0.2) is 11.5 Å². The summed E-state index contributed by atoms with van der Waals surface area (Å²) in [4.78, 5) is -1.26. The normalized spacial score (nSPS) is 12.2. The molecule has 0 N–H and O–H groups in total. The molecule has 4 aromatic rings. The second-order valence-electron chi connectivity index (χ2n) is 8.10. The minimum absolute atomic E-state index is 0.154. The van der Waals surface area contributed by atoms with Crippen molar-refractivity contribution in [2.24, 2.45) is 0 Å². The minimum Gasteiger partial charge on any atom is -0.378 e.